The summed E-state index contributed by atoms with van der Waals surface area (Å²) in [5.74, 6) is 0.934. The predicted molar refractivity (Wildman–Crippen MR) is 103 cm³/mol. The first-order valence-corrected chi connectivity index (χ1v) is 9.36. The van der Waals surface area contributed by atoms with E-state index in [4.69, 9.17) is 16.6 Å². The van der Waals surface area contributed by atoms with Crippen LogP contribution in [-0.4, -0.2) is 51.4 Å². The molecule has 2 aromatic rings. The monoisotopic (exact) mass is 376 g/mol. The van der Waals surface area contributed by atoms with E-state index in [2.05, 4.69) is 11.8 Å². The third-order valence-corrected chi connectivity index (χ3v) is 5.35. The number of halogens is 1. The van der Waals surface area contributed by atoms with Crippen LogP contribution in [0.25, 0.3) is 10.9 Å². The molecule has 0 saturated carbocycles. The molecule has 1 aromatic carbocycles. The van der Waals surface area contributed by atoms with Crippen LogP contribution < -0.4 is 5.56 Å². The minimum atomic E-state index is -0.0675. The van der Waals surface area contributed by atoms with E-state index in [-0.39, 0.29) is 23.4 Å². The minimum absolute atomic E-state index is 0.0201. The van der Waals surface area contributed by atoms with Crippen LogP contribution in [0.4, 0.5) is 0 Å². The van der Waals surface area contributed by atoms with Crippen LogP contribution in [0.1, 0.15) is 32.6 Å². The van der Waals surface area contributed by atoms with Crippen LogP contribution in [-0.2, 0) is 11.8 Å². The molecule has 0 radical (unpaired) electrons. The van der Waals surface area contributed by atoms with E-state index >= 15 is 0 Å². The molecule has 0 bridgehead atoms. The van der Waals surface area contributed by atoms with Crippen molar-refractivity contribution in [3.8, 4) is 0 Å². The molecule has 1 amide bonds. The Kier molecular flexibility index (Phi) is 5.34. The summed E-state index contributed by atoms with van der Waals surface area (Å²) in [6, 6.07) is 5.14. The number of nitrogens with zero attached hydrogens (tertiary/aromatic N) is 4. The first-order valence-electron chi connectivity index (χ1n) is 8.98. The summed E-state index contributed by atoms with van der Waals surface area (Å²) in [6.45, 7) is 8.85. The molecular weight excluding hydrogens is 352 g/mol. The lowest BCUT2D eigenvalue weighted by atomic mass is 10.1. The number of piperazine rings is 1. The second-order valence-electron chi connectivity index (χ2n) is 7.19. The summed E-state index contributed by atoms with van der Waals surface area (Å²) in [6.07, 6.45) is 0. The Labute approximate surface area is 158 Å². The van der Waals surface area contributed by atoms with E-state index in [1.54, 1.807) is 29.8 Å². The maximum Gasteiger partial charge on any atom is 0.261 e. The van der Waals surface area contributed by atoms with Gasteiger partial charge in [0.05, 0.1) is 16.9 Å². The molecule has 0 spiro atoms. The minimum Gasteiger partial charge on any atom is -0.340 e. The Morgan fingerprint density at radius 2 is 1.81 bits per heavy atom. The van der Waals surface area contributed by atoms with Crippen LogP contribution in [0, 0.1) is 5.92 Å². The summed E-state index contributed by atoms with van der Waals surface area (Å²) in [7, 11) is 1.76. The number of hydrogen-bond acceptors (Lipinski definition) is 4. The van der Waals surface area contributed by atoms with Gasteiger partial charge in [-0.2, -0.15) is 0 Å². The fourth-order valence-corrected chi connectivity index (χ4v) is 3.66. The SMILES string of the molecule is CC(C)C(=O)N1CCN(C(C)c2nc3cc(Cl)ccc3c(=O)n2C)CC1. The first-order chi connectivity index (χ1) is 12.3. The summed E-state index contributed by atoms with van der Waals surface area (Å²) < 4.78 is 1.62. The highest BCUT2D eigenvalue weighted by Gasteiger charge is 2.27. The molecular formula is C19H25ClN4O2. The average Bonchev–Trinajstić information content (AvgIpc) is 2.63. The molecule has 140 valence electrons. The van der Waals surface area contributed by atoms with Crippen LogP contribution in [0.3, 0.4) is 0 Å². The van der Waals surface area contributed by atoms with E-state index in [0.717, 1.165) is 13.1 Å². The summed E-state index contributed by atoms with van der Waals surface area (Å²) in [4.78, 5) is 33.7. The average molecular weight is 377 g/mol. The Morgan fingerprint density at radius 3 is 2.42 bits per heavy atom. The van der Waals surface area contributed by atoms with Crippen molar-refractivity contribution in [1.29, 1.82) is 0 Å². The molecule has 26 heavy (non-hydrogen) atoms. The lowest BCUT2D eigenvalue weighted by molar-refractivity contribution is -0.136. The Morgan fingerprint density at radius 1 is 1.15 bits per heavy atom. The second kappa shape index (κ2) is 7.37. The normalized spacial score (nSPS) is 17.1. The van der Waals surface area contributed by atoms with Crippen molar-refractivity contribution in [2.24, 2.45) is 13.0 Å². The molecule has 1 saturated heterocycles. The van der Waals surface area contributed by atoms with Gasteiger partial charge in [-0.15, -0.1) is 0 Å². The highest BCUT2D eigenvalue weighted by atomic mass is 35.5. The highest BCUT2D eigenvalue weighted by molar-refractivity contribution is 6.31. The van der Waals surface area contributed by atoms with Gasteiger partial charge < -0.3 is 4.90 Å². The number of rotatable bonds is 3. The lowest BCUT2D eigenvalue weighted by Crippen LogP contribution is -2.50. The maximum absolute atomic E-state index is 12.7. The van der Waals surface area contributed by atoms with Gasteiger partial charge in [-0.1, -0.05) is 25.4 Å². The highest BCUT2D eigenvalue weighted by Crippen LogP contribution is 2.22. The van der Waals surface area contributed by atoms with E-state index < -0.39 is 0 Å². The van der Waals surface area contributed by atoms with Crippen molar-refractivity contribution >= 4 is 28.4 Å². The number of aromatic nitrogens is 2. The molecule has 1 aromatic heterocycles. The van der Waals surface area contributed by atoms with Gasteiger partial charge in [0.1, 0.15) is 5.82 Å². The number of benzene rings is 1. The van der Waals surface area contributed by atoms with Gasteiger partial charge in [0.15, 0.2) is 0 Å². The van der Waals surface area contributed by atoms with Gasteiger partial charge in [-0.3, -0.25) is 19.1 Å². The van der Waals surface area contributed by atoms with Crippen molar-refractivity contribution in [1.82, 2.24) is 19.4 Å². The van der Waals surface area contributed by atoms with E-state index in [1.807, 2.05) is 18.7 Å². The standard InChI is InChI=1S/C19H25ClN4O2/c1-12(2)18(25)24-9-7-23(8-10-24)13(3)17-21-16-11-14(20)5-6-15(16)19(26)22(17)4/h5-6,11-13H,7-10H2,1-4H3. The van der Waals surface area contributed by atoms with E-state index in [0.29, 0.717) is 34.8 Å². The van der Waals surface area contributed by atoms with Gasteiger partial charge in [0, 0.05) is 44.2 Å². The molecule has 1 fully saturated rings. The van der Waals surface area contributed by atoms with Gasteiger partial charge in [0.2, 0.25) is 5.91 Å². The van der Waals surface area contributed by atoms with Crippen LogP contribution in [0.5, 0.6) is 0 Å². The fourth-order valence-electron chi connectivity index (χ4n) is 3.49. The number of carbonyl (C=O) groups is 1. The molecule has 2 heterocycles. The lowest BCUT2D eigenvalue weighted by Gasteiger charge is -2.38. The summed E-state index contributed by atoms with van der Waals surface area (Å²) >= 11 is 6.07. The zero-order chi connectivity index (χ0) is 19.0. The predicted octanol–water partition coefficient (Wildman–Crippen LogP) is 2.45. The van der Waals surface area contributed by atoms with Gasteiger partial charge in [-0.05, 0) is 25.1 Å². The topological polar surface area (TPSA) is 58.4 Å². The van der Waals surface area contributed by atoms with Crippen molar-refractivity contribution in [2.45, 2.75) is 26.8 Å². The van der Waals surface area contributed by atoms with Gasteiger partial charge >= 0.3 is 0 Å². The van der Waals surface area contributed by atoms with Crippen LogP contribution in [0.15, 0.2) is 23.0 Å². The zero-order valence-corrected chi connectivity index (χ0v) is 16.5. The Bertz CT molecular complexity index is 885. The maximum atomic E-state index is 12.7. The third kappa shape index (κ3) is 3.48. The van der Waals surface area contributed by atoms with Crippen molar-refractivity contribution < 1.29 is 4.79 Å². The molecule has 0 aliphatic carbocycles. The van der Waals surface area contributed by atoms with Crippen molar-refractivity contribution in [2.75, 3.05) is 26.2 Å². The molecule has 1 atom stereocenters. The number of amides is 1. The second-order valence-corrected chi connectivity index (χ2v) is 7.62. The molecule has 3 rings (SSSR count). The number of fused-ring (bicyclic) bond motifs is 1. The molecule has 0 N–H and O–H groups in total. The molecule has 6 nitrogen and oxygen atoms in total. The van der Waals surface area contributed by atoms with Crippen molar-refractivity contribution in [3.05, 3.63) is 39.4 Å². The zero-order valence-electron chi connectivity index (χ0n) is 15.7. The van der Waals surface area contributed by atoms with E-state index in [1.165, 1.54) is 0 Å². The Balaban J connectivity index is 1.85. The third-order valence-electron chi connectivity index (χ3n) is 5.11. The molecule has 7 heteroatoms. The van der Waals surface area contributed by atoms with Gasteiger partial charge in [-0.25, -0.2) is 4.98 Å². The number of hydrogen-bond donors (Lipinski definition) is 0. The molecule has 1 aliphatic rings. The largest absolute Gasteiger partial charge is 0.340 e. The van der Waals surface area contributed by atoms with Crippen molar-refractivity contribution in [3.63, 3.8) is 0 Å². The summed E-state index contributed by atoms with van der Waals surface area (Å²) in [5, 5.41) is 1.14. The van der Waals surface area contributed by atoms with Gasteiger partial charge in [0.25, 0.3) is 5.56 Å². The molecule has 1 aliphatic heterocycles. The molecule has 1 unspecified atom stereocenters. The quantitative estimate of drug-likeness (QED) is 0.825. The van der Waals surface area contributed by atoms with E-state index in [9.17, 15) is 9.59 Å². The first kappa shape index (κ1) is 18.9. The number of carbonyl (C=O) groups excluding carboxylic acids is 1. The fraction of sp³-hybridized carbons (Fsp3) is 0.526. The van der Waals surface area contributed by atoms with Crippen LogP contribution >= 0.6 is 11.6 Å². The Hall–Kier alpha value is -1.92. The summed E-state index contributed by atoms with van der Waals surface area (Å²) in [5.41, 5.74) is 0.554. The smallest absolute Gasteiger partial charge is 0.261 e. The van der Waals surface area contributed by atoms with Crippen LogP contribution in [0.2, 0.25) is 5.02 Å².